The largest absolute Gasteiger partial charge is 0.497 e. The van der Waals surface area contributed by atoms with E-state index in [0.717, 1.165) is 12.0 Å². The van der Waals surface area contributed by atoms with Gasteiger partial charge in [-0.25, -0.2) is 0 Å². The molecule has 2 aliphatic rings. The first kappa shape index (κ1) is 26.4. The van der Waals surface area contributed by atoms with Crippen molar-refractivity contribution in [3.05, 3.63) is 42.0 Å². The lowest BCUT2D eigenvalue weighted by Gasteiger charge is -2.32. The van der Waals surface area contributed by atoms with Gasteiger partial charge in [-0.05, 0) is 50.3 Å². The second-order valence-corrected chi connectivity index (χ2v) is 9.35. The number of likely N-dealkylation sites (tertiary alicyclic amines) is 1. The van der Waals surface area contributed by atoms with Gasteiger partial charge in [0.2, 0.25) is 23.6 Å². The van der Waals surface area contributed by atoms with Crippen molar-refractivity contribution in [1.82, 2.24) is 15.1 Å². The smallest absolute Gasteiger partial charge is 0.243 e. The molecule has 1 aromatic rings. The highest BCUT2D eigenvalue weighted by Crippen LogP contribution is 2.35. The number of amides is 4. The van der Waals surface area contributed by atoms with E-state index in [2.05, 4.69) is 5.32 Å². The number of carbonyl (C=O) groups is 4. The molecule has 8 nitrogen and oxygen atoms in total. The quantitative estimate of drug-likeness (QED) is 0.386. The van der Waals surface area contributed by atoms with Crippen molar-refractivity contribution in [3.8, 4) is 5.75 Å². The van der Waals surface area contributed by atoms with Crippen LogP contribution in [0.15, 0.2) is 36.4 Å². The lowest BCUT2D eigenvalue weighted by Crippen LogP contribution is -2.51. The van der Waals surface area contributed by atoms with Gasteiger partial charge < -0.3 is 15.0 Å². The summed E-state index contributed by atoms with van der Waals surface area (Å²) in [7, 11) is 1.58. The first-order valence-electron chi connectivity index (χ1n) is 12.5. The first-order chi connectivity index (χ1) is 16.8. The number of allylic oxidation sites excluding steroid dienone is 2. The molecular weight excluding hydrogens is 446 g/mol. The van der Waals surface area contributed by atoms with Crippen LogP contribution in [0.1, 0.15) is 58.4 Å². The number of imide groups is 1. The molecule has 0 aromatic heterocycles. The van der Waals surface area contributed by atoms with E-state index in [4.69, 9.17) is 4.74 Å². The van der Waals surface area contributed by atoms with Crippen molar-refractivity contribution in [1.29, 1.82) is 0 Å². The Morgan fingerprint density at radius 3 is 2.34 bits per heavy atom. The van der Waals surface area contributed by atoms with Crippen molar-refractivity contribution in [2.24, 2.45) is 11.8 Å². The molecule has 1 aromatic carbocycles. The van der Waals surface area contributed by atoms with Crippen LogP contribution in [0.3, 0.4) is 0 Å². The first-order valence-corrected chi connectivity index (χ1v) is 12.5. The summed E-state index contributed by atoms with van der Waals surface area (Å²) in [6.45, 7) is 6.04. The minimum atomic E-state index is -0.667. The number of hydrogen-bond donors (Lipinski definition) is 1. The van der Waals surface area contributed by atoms with E-state index in [1.807, 2.05) is 57.2 Å². The summed E-state index contributed by atoms with van der Waals surface area (Å²) < 4.78 is 5.31. The van der Waals surface area contributed by atoms with Crippen molar-refractivity contribution < 1.29 is 23.9 Å². The van der Waals surface area contributed by atoms with E-state index in [-0.39, 0.29) is 61.0 Å². The summed E-state index contributed by atoms with van der Waals surface area (Å²) in [6.07, 6.45) is 6.21. The van der Waals surface area contributed by atoms with Crippen LogP contribution >= 0.6 is 0 Å². The molecule has 35 heavy (non-hydrogen) atoms. The second-order valence-electron chi connectivity index (χ2n) is 9.35. The Kier molecular flexibility index (Phi) is 9.07. The molecule has 0 saturated carbocycles. The Bertz CT molecular complexity index is 949. The third-order valence-electron chi connectivity index (χ3n) is 7.02. The summed E-state index contributed by atoms with van der Waals surface area (Å²) in [4.78, 5) is 55.0. The van der Waals surface area contributed by atoms with Crippen LogP contribution in [0.4, 0.5) is 0 Å². The number of carbonyl (C=O) groups excluding carboxylic acids is 4. The Labute approximate surface area is 207 Å². The van der Waals surface area contributed by atoms with E-state index >= 15 is 0 Å². The zero-order valence-corrected chi connectivity index (χ0v) is 21.2. The molecule has 1 aliphatic carbocycles. The number of hydrogen-bond acceptors (Lipinski definition) is 5. The average Bonchev–Trinajstić information content (AvgIpc) is 3.11. The average molecular weight is 484 g/mol. The van der Waals surface area contributed by atoms with Gasteiger partial charge in [0.25, 0.3) is 0 Å². The minimum Gasteiger partial charge on any atom is -0.497 e. The van der Waals surface area contributed by atoms with Crippen LogP contribution in [0.2, 0.25) is 0 Å². The molecule has 0 bridgehead atoms. The van der Waals surface area contributed by atoms with Gasteiger partial charge in [-0.15, -0.1) is 0 Å². The standard InChI is InChI=1S/C27H37N3O5/c1-5-18(3)28-25(32)23(6-2)30(17-19-10-9-11-20(16-19)35-4)24(31)14-15-29-26(33)21-12-7-8-13-22(21)27(29)34/h7-11,16,18,21-23H,5-6,12-15,17H2,1-4H3,(H,28,32)/t18-,21-,22+,23-/m1/s1. The summed E-state index contributed by atoms with van der Waals surface area (Å²) in [5.74, 6) is -0.843. The number of nitrogens with zero attached hydrogens (tertiary/aromatic N) is 2. The van der Waals surface area contributed by atoms with Gasteiger partial charge in [0.1, 0.15) is 11.8 Å². The zero-order valence-electron chi connectivity index (χ0n) is 21.2. The van der Waals surface area contributed by atoms with Crippen LogP contribution in [-0.2, 0) is 25.7 Å². The summed E-state index contributed by atoms with van der Waals surface area (Å²) in [5, 5.41) is 2.99. The fourth-order valence-corrected chi connectivity index (χ4v) is 4.77. The maximum atomic E-state index is 13.5. The Morgan fingerprint density at radius 1 is 1.11 bits per heavy atom. The highest BCUT2D eigenvalue weighted by molar-refractivity contribution is 6.05. The van der Waals surface area contributed by atoms with Gasteiger partial charge >= 0.3 is 0 Å². The molecule has 4 amide bonds. The fourth-order valence-electron chi connectivity index (χ4n) is 4.77. The van der Waals surface area contributed by atoms with Gasteiger partial charge in [0.15, 0.2) is 0 Å². The third kappa shape index (κ3) is 6.10. The van der Waals surface area contributed by atoms with E-state index in [1.165, 1.54) is 4.90 Å². The minimum absolute atomic E-state index is 0.0119. The number of rotatable bonds is 11. The summed E-state index contributed by atoms with van der Waals surface area (Å²) >= 11 is 0. The second kappa shape index (κ2) is 12.0. The molecule has 0 unspecified atom stereocenters. The summed E-state index contributed by atoms with van der Waals surface area (Å²) in [5.41, 5.74) is 0.831. The Balaban J connectivity index is 1.77. The van der Waals surface area contributed by atoms with Crippen molar-refractivity contribution in [2.45, 2.75) is 71.5 Å². The van der Waals surface area contributed by atoms with Crippen LogP contribution in [-0.4, -0.2) is 59.2 Å². The molecule has 1 N–H and O–H groups in total. The van der Waals surface area contributed by atoms with Crippen molar-refractivity contribution in [3.63, 3.8) is 0 Å². The van der Waals surface area contributed by atoms with Crippen LogP contribution in [0.5, 0.6) is 5.75 Å². The number of methoxy groups -OCH3 is 1. The highest BCUT2D eigenvalue weighted by atomic mass is 16.5. The van der Waals surface area contributed by atoms with E-state index < -0.39 is 6.04 Å². The lowest BCUT2D eigenvalue weighted by atomic mass is 9.85. The number of ether oxygens (including phenoxy) is 1. The predicted molar refractivity (Wildman–Crippen MR) is 132 cm³/mol. The zero-order chi connectivity index (χ0) is 25.5. The molecule has 1 saturated heterocycles. The monoisotopic (exact) mass is 483 g/mol. The third-order valence-corrected chi connectivity index (χ3v) is 7.02. The SMILES string of the molecule is CC[C@@H](C)NC(=O)[C@@H](CC)N(Cc1cccc(OC)c1)C(=O)CCN1C(=O)[C@H]2CC=CC[C@H]2C1=O. The van der Waals surface area contributed by atoms with Gasteiger partial charge in [-0.2, -0.15) is 0 Å². The number of nitrogens with one attached hydrogen (secondary N) is 1. The van der Waals surface area contributed by atoms with Crippen LogP contribution in [0.25, 0.3) is 0 Å². The maximum absolute atomic E-state index is 13.5. The van der Waals surface area contributed by atoms with Crippen molar-refractivity contribution in [2.75, 3.05) is 13.7 Å². The highest BCUT2D eigenvalue weighted by Gasteiger charge is 2.47. The molecule has 0 spiro atoms. The van der Waals surface area contributed by atoms with E-state index in [9.17, 15) is 19.2 Å². The number of fused-ring (bicyclic) bond motifs is 1. The molecule has 190 valence electrons. The molecular formula is C27H37N3O5. The Hall–Kier alpha value is -3.16. The van der Waals surface area contributed by atoms with E-state index in [0.29, 0.717) is 25.0 Å². The van der Waals surface area contributed by atoms with Crippen LogP contribution in [0, 0.1) is 11.8 Å². The molecule has 8 heteroatoms. The lowest BCUT2D eigenvalue weighted by molar-refractivity contribution is -0.144. The van der Waals surface area contributed by atoms with Gasteiger partial charge in [-0.3, -0.25) is 24.1 Å². The molecule has 1 fully saturated rings. The van der Waals surface area contributed by atoms with Gasteiger partial charge in [0.05, 0.1) is 18.9 Å². The number of benzene rings is 1. The van der Waals surface area contributed by atoms with Gasteiger partial charge in [0, 0.05) is 25.6 Å². The maximum Gasteiger partial charge on any atom is 0.243 e. The molecule has 1 heterocycles. The van der Waals surface area contributed by atoms with E-state index in [1.54, 1.807) is 12.0 Å². The normalized spacial score (nSPS) is 20.9. The topological polar surface area (TPSA) is 96.0 Å². The summed E-state index contributed by atoms with van der Waals surface area (Å²) in [6, 6.07) is 6.70. The molecule has 0 radical (unpaired) electrons. The molecule has 3 rings (SSSR count). The van der Waals surface area contributed by atoms with Crippen LogP contribution < -0.4 is 10.1 Å². The van der Waals surface area contributed by atoms with Crippen molar-refractivity contribution >= 4 is 23.6 Å². The predicted octanol–water partition coefficient (Wildman–Crippen LogP) is 3.06. The fraction of sp³-hybridized carbons (Fsp3) is 0.556. The molecule has 1 aliphatic heterocycles. The Morgan fingerprint density at radius 2 is 1.77 bits per heavy atom. The molecule has 4 atom stereocenters. The van der Waals surface area contributed by atoms with Gasteiger partial charge in [-0.1, -0.05) is 38.1 Å².